The summed E-state index contributed by atoms with van der Waals surface area (Å²) in [5, 5.41) is 9.53. The van der Waals surface area contributed by atoms with Gasteiger partial charge in [-0.15, -0.1) is 0 Å². The number of nitrogens with zero attached hydrogens (tertiary/aromatic N) is 1. The average molecular weight is 171 g/mol. The Labute approximate surface area is 75.6 Å². The van der Waals surface area contributed by atoms with Crippen molar-refractivity contribution in [2.45, 2.75) is 45.8 Å². The molecular formula is C10H21NO. The standard InChI is InChI=1S/C10H21NO/c1-8(2)11-5-4-10(12)6-9(3)7-11/h8-10,12H,4-7H2,1-3H3. The molecule has 12 heavy (non-hydrogen) atoms. The van der Waals surface area contributed by atoms with Crippen molar-refractivity contribution in [3.8, 4) is 0 Å². The van der Waals surface area contributed by atoms with Crippen LogP contribution in [-0.4, -0.2) is 35.2 Å². The van der Waals surface area contributed by atoms with E-state index >= 15 is 0 Å². The molecule has 2 nitrogen and oxygen atoms in total. The summed E-state index contributed by atoms with van der Waals surface area (Å²) in [6, 6.07) is 0.623. The van der Waals surface area contributed by atoms with Crippen LogP contribution in [0.1, 0.15) is 33.6 Å². The SMILES string of the molecule is CC1CC(O)CCN(C(C)C)C1. The van der Waals surface area contributed by atoms with Crippen molar-refractivity contribution in [1.29, 1.82) is 0 Å². The molecule has 72 valence electrons. The van der Waals surface area contributed by atoms with E-state index in [0.29, 0.717) is 12.0 Å². The Bertz CT molecular complexity index is 136. The second kappa shape index (κ2) is 4.24. The number of hydrogen-bond acceptors (Lipinski definition) is 2. The monoisotopic (exact) mass is 171 g/mol. The van der Waals surface area contributed by atoms with Crippen LogP contribution in [-0.2, 0) is 0 Å². The quantitative estimate of drug-likeness (QED) is 0.646. The van der Waals surface area contributed by atoms with Gasteiger partial charge in [-0.2, -0.15) is 0 Å². The van der Waals surface area contributed by atoms with Crippen LogP contribution in [0, 0.1) is 5.92 Å². The van der Waals surface area contributed by atoms with Gasteiger partial charge in [0.05, 0.1) is 6.10 Å². The van der Waals surface area contributed by atoms with Crippen LogP contribution in [0.2, 0.25) is 0 Å². The van der Waals surface area contributed by atoms with E-state index in [0.717, 1.165) is 25.9 Å². The Balaban J connectivity index is 2.46. The molecule has 0 bridgehead atoms. The first-order valence-electron chi connectivity index (χ1n) is 5.01. The Morgan fingerprint density at radius 1 is 1.42 bits per heavy atom. The number of rotatable bonds is 1. The van der Waals surface area contributed by atoms with Crippen LogP contribution in [0.5, 0.6) is 0 Å². The molecule has 1 aliphatic rings. The van der Waals surface area contributed by atoms with E-state index in [1.807, 2.05) is 0 Å². The maximum Gasteiger partial charge on any atom is 0.0555 e. The number of likely N-dealkylation sites (tertiary alicyclic amines) is 1. The van der Waals surface area contributed by atoms with Gasteiger partial charge >= 0.3 is 0 Å². The van der Waals surface area contributed by atoms with Crippen molar-refractivity contribution in [1.82, 2.24) is 4.90 Å². The number of aliphatic hydroxyl groups is 1. The largest absolute Gasteiger partial charge is 0.393 e. The lowest BCUT2D eigenvalue weighted by Gasteiger charge is -2.26. The first-order chi connectivity index (χ1) is 5.59. The Hall–Kier alpha value is -0.0800. The van der Waals surface area contributed by atoms with Crippen molar-refractivity contribution < 1.29 is 5.11 Å². The van der Waals surface area contributed by atoms with Gasteiger partial charge in [-0.05, 0) is 32.6 Å². The molecule has 1 saturated heterocycles. The van der Waals surface area contributed by atoms with Crippen LogP contribution < -0.4 is 0 Å². The maximum atomic E-state index is 9.53. The van der Waals surface area contributed by atoms with E-state index in [9.17, 15) is 5.11 Å². The van der Waals surface area contributed by atoms with E-state index in [2.05, 4.69) is 25.7 Å². The lowest BCUT2D eigenvalue weighted by molar-refractivity contribution is 0.146. The predicted octanol–water partition coefficient (Wildman–Crippen LogP) is 1.49. The summed E-state index contributed by atoms with van der Waals surface area (Å²) in [7, 11) is 0. The molecule has 2 unspecified atom stereocenters. The molecule has 1 heterocycles. The molecular weight excluding hydrogens is 150 g/mol. The summed E-state index contributed by atoms with van der Waals surface area (Å²) in [5.74, 6) is 0.643. The summed E-state index contributed by atoms with van der Waals surface area (Å²) in [6.07, 6.45) is 1.86. The zero-order valence-corrected chi connectivity index (χ0v) is 8.45. The van der Waals surface area contributed by atoms with Crippen LogP contribution in [0.15, 0.2) is 0 Å². The molecule has 0 amide bonds. The van der Waals surface area contributed by atoms with Crippen molar-refractivity contribution in [3.63, 3.8) is 0 Å². The minimum atomic E-state index is -0.0660. The predicted molar refractivity (Wildman–Crippen MR) is 51.1 cm³/mol. The van der Waals surface area contributed by atoms with Gasteiger partial charge in [0.15, 0.2) is 0 Å². The topological polar surface area (TPSA) is 23.5 Å². The van der Waals surface area contributed by atoms with E-state index in [1.54, 1.807) is 0 Å². The highest BCUT2D eigenvalue weighted by Gasteiger charge is 2.21. The lowest BCUT2D eigenvalue weighted by atomic mass is 10.0. The van der Waals surface area contributed by atoms with Crippen molar-refractivity contribution >= 4 is 0 Å². The molecule has 0 radical (unpaired) electrons. The molecule has 1 N–H and O–H groups in total. The Kier molecular flexibility index (Phi) is 3.53. The fraction of sp³-hybridized carbons (Fsp3) is 1.00. The van der Waals surface area contributed by atoms with Gasteiger partial charge in [0.1, 0.15) is 0 Å². The van der Waals surface area contributed by atoms with Crippen molar-refractivity contribution in [2.75, 3.05) is 13.1 Å². The van der Waals surface area contributed by atoms with Gasteiger partial charge in [-0.25, -0.2) is 0 Å². The van der Waals surface area contributed by atoms with Crippen molar-refractivity contribution in [3.05, 3.63) is 0 Å². The first-order valence-corrected chi connectivity index (χ1v) is 5.01. The van der Waals surface area contributed by atoms with Crippen LogP contribution in [0.25, 0.3) is 0 Å². The zero-order valence-electron chi connectivity index (χ0n) is 8.45. The molecule has 0 spiro atoms. The molecule has 2 heteroatoms. The fourth-order valence-electron chi connectivity index (χ4n) is 1.93. The van der Waals surface area contributed by atoms with Crippen LogP contribution in [0.3, 0.4) is 0 Å². The summed E-state index contributed by atoms with van der Waals surface area (Å²) >= 11 is 0. The second-order valence-corrected chi connectivity index (χ2v) is 4.37. The fourth-order valence-corrected chi connectivity index (χ4v) is 1.93. The molecule has 0 aromatic carbocycles. The summed E-state index contributed by atoms with van der Waals surface area (Å²) < 4.78 is 0. The lowest BCUT2D eigenvalue weighted by Crippen LogP contribution is -2.33. The van der Waals surface area contributed by atoms with Crippen LogP contribution >= 0.6 is 0 Å². The van der Waals surface area contributed by atoms with Gasteiger partial charge in [0.2, 0.25) is 0 Å². The molecule has 0 aromatic heterocycles. The van der Waals surface area contributed by atoms with Crippen molar-refractivity contribution in [2.24, 2.45) is 5.92 Å². The van der Waals surface area contributed by atoms with E-state index in [4.69, 9.17) is 0 Å². The molecule has 0 aromatic rings. The van der Waals surface area contributed by atoms with Gasteiger partial charge in [-0.3, -0.25) is 0 Å². The average Bonchev–Trinajstić information content (AvgIpc) is 2.11. The van der Waals surface area contributed by atoms with E-state index < -0.39 is 0 Å². The molecule has 2 atom stereocenters. The highest BCUT2D eigenvalue weighted by Crippen LogP contribution is 2.17. The van der Waals surface area contributed by atoms with Gasteiger partial charge in [0.25, 0.3) is 0 Å². The summed E-state index contributed by atoms with van der Waals surface area (Å²) in [6.45, 7) is 8.89. The minimum Gasteiger partial charge on any atom is -0.393 e. The summed E-state index contributed by atoms with van der Waals surface area (Å²) in [4.78, 5) is 2.46. The van der Waals surface area contributed by atoms with E-state index in [1.165, 1.54) is 0 Å². The van der Waals surface area contributed by atoms with E-state index in [-0.39, 0.29) is 6.10 Å². The highest BCUT2D eigenvalue weighted by molar-refractivity contribution is 4.75. The molecule has 0 saturated carbocycles. The minimum absolute atomic E-state index is 0.0660. The first kappa shape index (κ1) is 10.0. The molecule has 1 fully saturated rings. The summed E-state index contributed by atoms with van der Waals surface area (Å²) in [5.41, 5.74) is 0. The van der Waals surface area contributed by atoms with Gasteiger partial charge in [0, 0.05) is 19.1 Å². The molecule has 1 rings (SSSR count). The Morgan fingerprint density at radius 3 is 2.67 bits per heavy atom. The third kappa shape index (κ3) is 2.76. The normalized spacial score (nSPS) is 33.8. The Morgan fingerprint density at radius 2 is 2.08 bits per heavy atom. The number of hydrogen-bond donors (Lipinski definition) is 1. The third-order valence-electron chi connectivity index (χ3n) is 2.70. The number of aliphatic hydroxyl groups excluding tert-OH is 1. The van der Waals surface area contributed by atoms with Gasteiger partial charge in [-0.1, -0.05) is 6.92 Å². The molecule has 1 aliphatic heterocycles. The third-order valence-corrected chi connectivity index (χ3v) is 2.70. The maximum absolute atomic E-state index is 9.53. The smallest absolute Gasteiger partial charge is 0.0555 e. The zero-order chi connectivity index (χ0) is 9.14. The highest BCUT2D eigenvalue weighted by atomic mass is 16.3. The van der Waals surface area contributed by atoms with Gasteiger partial charge < -0.3 is 10.0 Å². The molecule has 0 aliphatic carbocycles. The van der Waals surface area contributed by atoms with Crippen LogP contribution in [0.4, 0.5) is 0 Å². The second-order valence-electron chi connectivity index (χ2n) is 4.37.